The number of carbonyl (C=O) groups is 1. The van der Waals surface area contributed by atoms with E-state index in [0.29, 0.717) is 39.2 Å². The number of esters is 1. The molecule has 2 aromatic carbocycles. The molecule has 5 heterocycles. The summed E-state index contributed by atoms with van der Waals surface area (Å²) in [6.07, 6.45) is 17.4. The smallest absolute Gasteiger partial charge is 0.308 e. The summed E-state index contributed by atoms with van der Waals surface area (Å²) in [5.74, 6) is -0.602. The lowest BCUT2D eigenvalue weighted by Gasteiger charge is -2.16. The van der Waals surface area contributed by atoms with Crippen LogP contribution < -0.4 is 0 Å². The second-order valence-corrected chi connectivity index (χ2v) is 23.8. The van der Waals surface area contributed by atoms with Crippen molar-refractivity contribution < 1.29 is 18.3 Å². The summed E-state index contributed by atoms with van der Waals surface area (Å²) in [5, 5.41) is 12.2. The van der Waals surface area contributed by atoms with Gasteiger partial charge in [-0.15, -0.1) is 45.3 Å². The first-order chi connectivity index (χ1) is 31.7. The lowest BCUT2D eigenvalue weighted by molar-refractivity contribution is -0.148. The molecule has 0 bridgehead atoms. The molecule has 356 valence electrons. The topological polar surface area (TPSA) is 57.0 Å². The monoisotopic (exact) mass is 971 g/mol. The van der Waals surface area contributed by atoms with Gasteiger partial charge in [-0.05, 0) is 141 Å². The highest BCUT2D eigenvalue weighted by Gasteiger charge is 2.29. The molecule has 66 heavy (non-hydrogen) atoms. The van der Waals surface area contributed by atoms with Gasteiger partial charge in [0.05, 0.1) is 23.7 Å². The van der Waals surface area contributed by atoms with Crippen LogP contribution in [0.5, 0.6) is 0 Å². The van der Waals surface area contributed by atoms with Gasteiger partial charge in [0.1, 0.15) is 11.0 Å². The van der Waals surface area contributed by atoms with E-state index in [2.05, 4.69) is 65.7 Å². The number of aromatic nitrogens is 3. The normalized spacial score (nSPS) is 13.5. The van der Waals surface area contributed by atoms with E-state index < -0.39 is 11.6 Å². The summed E-state index contributed by atoms with van der Waals surface area (Å²) < 4.78 is 42.0. The minimum atomic E-state index is -0.877. The van der Waals surface area contributed by atoms with E-state index in [1.54, 1.807) is 7.05 Å². The molecular formula is C55H71F2N3O2S4. The molecule has 0 radical (unpaired) electrons. The molecule has 0 saturated carbocycles. The molecule has 0 fully saturated rings. The van der Waals surface area contributed by atoms with Crippen molar-refractivity contribution in [3.05, 3.63) is 67.9 Å². The molecule has 7 aromatic rings. The maximum Gasteiger partial charge on any atom is 0.308 e. The largest absolute Gasteiger partial charge is 0.465 e. The fourth-order valence-electron chi connectivity index (χ4n) is 9.44. The average Bonchev–Trinajstić information content (AvgIpc) is 4.14. The second-order valence-electron chi connectivity index (χ2n) is 19.2. The molecule has 0 aliphatic carbocycles. The Bertz CT molecular complexity index is 2700. The van der Waals surface area contributed by atoms with E-state index in [9.17, 15) is 4.79 Å². The fourth-order valence-corrected chi connectivity index (χ4v) is 14.3. The van der Waals surface area contributed by atoms with Gasteiger partial charge < -0.3 is 4.74 Å². The molecule has 7 rings (SSSR count). The number of aryl methyl sites for hydroxylation is 7. The standard InChI is InChI=1S/C55H71F2N3O2S4/c1-11-14-20-32(4)23-25-39-41-29-36(8)63-53(41)40(26-24-33(5)21-15-12-2)42-31-45(66-54(39)42)52-35(7)28-43(65-52)46-48(56)49(57)47(51-50(46)58-60(10)59-51)44-30-38(37(9)64-44)22-18-16-17-19-27-62-55(61)34(6)13-3/h28-34H,11-27H2,1-10H3. The van der Waals surface area contributed by atoms with Crippen LogP contribution in [0.15, 0.2) is 24.3 Å². The summed E-state index contributed by atoms with van der Waals surface area (Å²) in [6.45, 7) is 20.1. The van der Waals surface area contributed by atoms with E-state index in [1.807, 2.05) is 48.7 Å². The van der Waals surface area contributed by atoms with E-state index in [4.69, 9.17) is 9.84 Å². The number of unbranched alkanes of at least 4 members (excludes halogenated alkanes) is 5. The minimum Gasteiger partial charge on any atom is -0.465 e. The van der Waals surface area contributed by atoms with Crippen LogP contribution in [-0.4, -0.2) is 27.6 Å². The molecule has 0 aliphatic rings. The molecule has 3 unspecified atom stereocenters. The number of halogens is 2. The highest BCUT2D eigenvalue weighted by Crippen LogP contribution is 2.50. The fraction of sp³-hybridized carbons (Fsp3) is 0.545. The molecule has 5 aromatic heterocycles. The van der Waals surface area contributed by atoms with Crippen LogP contribution in [0.4, 0.5) is 8.78 Å². The first-order valence-corrected chi connectivity index (χ1v) is 28.1. The Morgan fingerprint density at radius 1 is 0.667 bits per heavy atom. The number of carbonyl (C=O) groups excluding carboxylic acids is 1. The molecule has 0 N–H and O–H groups in total. The highest BCUT2D eigenvalue weighted by atomic mass is 32.1. The molecule has 0 amide bonds. The maximum absolute atomic E-state index is 16.9. The first kappa shape index (κ1) is 50.4. The van der Waals surface area contributed by atoms with Crippen molar-refractivity contribution in [2.24, 2.45) is 24.8 Å². The first-order valence-electron chi connectivity index (χ1n) is 24.8. The van der Waals surface area contributed by atoms with Gasteiger partial charge in [0.15, 0.2) is 11.6 Å². The van der Waals surface area contributed by atoms with Crippen LogP contribution in [0, 0.1) is 50.2 Å². The Morgan fingerprint density at radius 2 is 1.24 bits per heavy atom. The average molecular weight is 972 g/mol. The Morgan fingerprint density at radius 3 is 1.85 bits per heavy atom. The Balaban J connectivity index is 1.21. The van der Waals surface area contributed by atoms with Gasteiger partial charge in [0, 0.05) is 45.7 Å². The van der Waals surface area contributed by atoms with Crippen molar-refractivity contribution in [1.82, 2.24) is 15.0 Å². The number of nitrogens with zero attached hydrogens (tertiary/aromatic N) is 3. The quantitative estimate of drug-likeness (QED) is 0.0447. The van der Waals surface area contributed by atoms with E-state index in [0.717, 1.165) is 72.2 Å². The predicted molar refractivity (Wildman–Crippen MR) is 282 cm³/mol. The van der Waals surface area contributed by atoms with Crippen LogP contribution in [0.2, 0.25) is 0 Å². The van der Waals surface area contributed by atoms with Crippen molar-refractivity contribution in [3.8, 4) is 30.6 Å². The van der Waals surface area contributed by atoms with Gasteiger partial charge in [-0.2, -0.15) is 15.0 Å². The third-order valence-electron chi connectivity index (χ3n) is 13.7. The number of fused-ring (bicyclic) bond motifs is 3. The zero-order valence-electron chi connectivity index (χ0n) is 41.1. The van der Waals surface area contributed by atoms with Gasteiger partial charge >= 0.3 is 5.97 Å². The van der Waals surface area contributed by atoms with Crippen LogP contribution in [0.25, 0.3) is 61.8 Å². The van der Waals surface area contributed by atoms with Crippen molar-refractivity contribution in [1.29, 1.82) is 0 Å². The molecule has 0 spiro atoms. The summed E-state index contributed by atoms with van der Waals surface area (Å²) in [4.78, 5) is 19.5. The lowest BCUT2D eigenvalue weighted by atomic mass is 9.90. The zero-order valence-corrected chi connectivity index (χ0v) is 44.4. The van der Waals surface area contributed by atoms with Gasteiger partial charge in [0.2, 0.25) is 0 Å². The molecule has 0 saturated heterocycles. The van der Waals surface area contributed by atoms with Gasteiger partial charge in [-0.1, -0.05) is 92.9 Å². The van der Waals surface area contributed by atoms with Crippen molar-refractivity contribution >= 4 is 82.5 Å². The number of benzene rings is 2. The molecular weight excluding hydrogens is 901 g/mol. The number of thiophene rings is 4. The Hall–Kier alpha value is -3.51. The number of rotatable bonds is 24. The predicted octanol–water partition coefficient (Wildman–Crippen LogP) is 17.9. The molecule has 5 nitrogen and oxygen atoms in total. The van der Waals surface area contributed by atoms with Crippen molar-refractivity contribution in [2.45, 2.75) is 165 Å². The van der Waals surface area contributed by atoms with Gasteiger partial charge in [0.25, 0.3) is 0 Å². The Kier molecular flexibility index (Phi) is 17.3. The molecule has 3 atom stereocenters. The van der Waals surface area contributed by atoms with Crippen molar-refractivity contribution in [2.75, 3.05) is 6.61 Å². The van der Waals surface area contributed by atoms with Crippen LogP contribution in [0.3, 0.4) is 0 Å². The summed E-state index contributed by atoms with van der Waals surface area (Å²) in [6, 6.07) is 8.90. The number of ether oxygens (including phenoxy) is 1. The third kappa shape index (κ3) is 11.2. The number of hydrogen-bond acceptors (Lipinski definition) is 8. The highest BCUT2D eigenvalue weighted by molar-refractivity contribution is 7.27. The van der Waals surface area contributed by atoms with E-state index in [-0.39, 0.29) is 23.0 Å². The lowest BCUT2D eigenvalue weighted by Crippen LogP contribution is -2.14. The summed E-state index contributed by atoms with van der Waals surface area (Å²) >= 11 is 6.86. The third-order valence-corrected chi connectivity index (χ3v) is 18.6. The number of hydrogen-bond donors (Lipinski definition) is 0. The molecule has 11 heteroatoms. The van der Waals surface area contributed by atoms with Gasteiger partial charge in [-0.3, -0.25) is 4.79 Å². The van der Waals surface area contributed by atoms with Crippen molar-refractivity contribution in [3.63, 3.8) is 0 Å². The van der Waals surface area contributed by atoms with E-state index >= 15 is 8.78 Å². The van der Waals surface area contributed by atoms with Gasteiger partial charge in [-0.25, -0.2) is 8.78 Å². The minimum absolute atomic E-state index is 0.0632. The maximum atomic E-state index is 16.9. The zero-order chi connectivity index (χ0) is 47.2. The summed E-state index contributed by atoms with van der Waals surface area (Å²) in [5.41, 5.74) is 6.28. The summed E-state index contributed by atoms with van der Waals surface area (Å²) in [7, 11) is 1.72. The second kappa shape index (κ2) is 22.7. The Labute approximate surface area is 408 Å². The molecule has 0 aliphatic heterocycles. The van der Waals surface area contributed by atoms with Crippen LogP contribution in [-0.2, 0) is 35.8 Å². The SMILES string of the molecule is CCCCC(C)CCc1c2cc(-c3sc(-c4c(F)c(F)c(-c5cc(CCCCCCOC(=O)C(C)CC)c(C)s5)c5nn(C)nc45)cc3C)sc2c(CCC(C)CCCC)c2cc(C)sc12. The van der Waals surface area contributed by atoms with Crippen LogP contribution >= 0.6 is 45.3 Å². The van der Waals surface area contributed by atoms with Crippen LogP contribution in [0.1, 0.15) is 157 Å². The van der Waals surface area contributed by atoms with E-state index in [1.165, 1.54) is 120 Å².